The van der Waals surface area contributed by atoms with Gasteiger partial charge in [-0.1, -0.05) is 24.3 Å². The summed E-state index contributed by atoms with van der Waals surface area (Å²) in [6.07, 6.45) is 2.81. The zero-order chi connectivity index (χ0) is 22.7. The van der Waals surface area contributed by atoms with E-state index in [4.69, 9.17) is 9.15 Å². The van der Waals surface area contributed by atoms with Crippen LogP contribution in [0.5, 0.6) is 5.75 Å². The highest BCUT2D eigenvalue weighted by atomic mass is 79.9. The van der Waals surface area contributed by atoms with Crippen molar-refractivity contribution in [1.29, 1.82) is 0 Å². The Bertz CT molecular complexity index is 1220. The number of ether oxygens (including phenoxy) is 1. The fourth-order valence-electron chi connectivity index (χ4n) is 3.06. The van der Waals surface area contributed by atoms with Crippen LogP contribution in [0.3, 0.4) is 0 Å². The molecule has 0 unspecified atom stereocenters. The van der Waals surface area contributed by atoms with Crippen molar-refractivity contribution in [3.05, 3.63) is 93.6 Å². The Morgan fingerprint density at radius 3 is 2.62 bits per heavy atom. The Morgan fingerprint density at radius 1 is 1.09 bits per heavy atom. The highest BCUT2D eigenvalue weighted by Gasteiger charge is 2.36. The second kappa shape index (κ2) is 9.19. The lowest BCUT2D eigenvalue weighted by Gasteiger charge is -2.25. The SMILES string of the molecule is O=C1NC(=O)N(Cc2ccco2)C(=O)C1=Cc1ccc(OCc2ccccc2F)c(Br)c1. The van der Waals surface area contributed by atoms with Gasteiger partial charge in [0.25, 0.3) is 11.8 Å². The number of benzene rings is 2. The van der Waals surface area contributed by atoms with Crippen LogP contribution < -0.4 is 10.1 Å². The third-order valence-corrected chi connectivity index (χ3v) is 5.31. The number of carbonyl (C=O) groups is 3. The number of furan rings is 1. The largest absolute Gasteiger partial charge is 0.488 e. The summed E-state index contributed by atoms with van der Waals surface area (Å²) in [6.45, 7) is -0.0642. The highest BCUT2D eigenvalue weighted by Crippen LogP contribution is 2.28. The van der Waals surface area contributed by atoms with Gasteiger partial charge in [-0.3, -0.25) is 19.8 Å². The van der Waals surface area contributed by atoms with Crippen LogP contribution >= 0.6 is 15.9 Å². The van der Waals surface area contributed by atoms with Gasteiger partial charge in [0, 0.05) is 5.56 Å². The molecule has 0 saturated carbocycles. The smallest absolute Gasteiger partial charge is 0.331 e. The van der Waals surface area contributed by atoms with Crippen molar-refractivity contribution < 1.29 is 27.9 Å². The van der Waals surface area contributed by atoms with Crippen molar-refractivity contribution >= 4 is 39.9 Å². The Hall–Kier alpha value is -3.72. The first-order valence-corrected chi connectivity index (χ1v) is 10.3. The number of hydrogen-bond acceptors (Lipinski definition) is 5. The predicted molar refractivity (Wildman–Crippen MR) is 116 cm³/mol. The molecular weight excluding hydrogens is 483 g/mol. The van der Waals surface area contributed by atoms with Crippen LogP contribution in [0.2, 0.25) is 0 Å². The molecule has 1 saturated heterocycles. The molecule has 1 fully saturated rings. The van der Waals surface area contributed by atoms with Crippen LogP contribution in [-0.4, -0.2) is 22.7 Å². The van der Waals surface area contributed by atoms with Crippen LogP contribution in [0.1, 0.15) is 16.9 Å². The van der Waals surface area contributed by atoms with E-state index < -0.39 is 17.8 Å². The molecule has 1 N–H and O–H groups in total. The third-order valence-electron chi connectivity index (χ3n) is 4.69. The van der Waals surface area contributed by atoms with Crippen molar-refractivity contribution in [3.8, 4) is 5.75 Å². The molecule has 7 nitrogen and oxygen atoms in total. The molecule has 0 spiro atoms. The predicted octanol–water partition coefficient (Wildman–Crippen LogP) is 4.42. The van der Waals surface area contributed by atoms with Crippen molar-refractivity contribution in [2.45, 2.75) is 13.2 Å². The number of barbiturate groups is 1. The Balaban J connectivity index is 1.52. The van der Waals surface area contributed by atoms with Gasteiger partial charge < -0.3 is 9.15 Å². The minimum atomic E-state index is -0.813. The number of carbonyl (C=O) groups excluding carboxylic acids is 3. The van der Waals surface area contributed by atoms with Gasteiger partial charge in [-0.15, -0.1) is 0 Å². The summed E-state index contributed by atoms with van der Waals surface area (Å²) >= 11 is 3.39. The second-order valence-electron chi connectivity index (χ2n) is 6.86. The van der Waals surface area contributed by atoms with Gasteiger partial charge in [0.15, 0.2) is 0 Å². The van der Waals surface area contributed by atoms with E-state index in [1.165, 1.54) is 18.4 Å². The molecule has 4 rings (SSSR count). The molecule has 1 aliphatic rings. The molecule has 0 atom stereocenters. The Labute approximate surface area is 190 Å². The van der Waals surface area contributed by atoms with Crippen LogP contribution in [0.25, 0.3) is 6.08 Å². The van der Waals surface area contributed by atoms with E-state index in [1.807, 2.05) is 0 Å². The fraction of sp³-hybridized carbons (Fsp3) is 0.0870. The monoisotopic (exact) mass is 498 g/mol. The maximum absolute atomic E-state index is 13.8. The standard InChI is InChI=1S/C23H16BrFN2O5/c24-18-11-14(7-8-20(18)32-13-15-4-1-2-6-19(15)25)10-17-21(28)26-23(30)27(22(17)29)12-16-5-3-9-31-16/h1-11H,12-13H2,(H,26,28,30). The summed E-state index contributed by atoms with van der Waals surface area (Å²) in [6, 6.07) is 13.7. The molecule has 3 aromatic rings. The number of urea groups is 1. The molecule has 1 aromatic heterocycles. The molecule has 4 amide bonds. The molecule has 0 radical (unpaired) electrons. The van der Waals surface area contributed by atoms with Gasteiger partial charge in [-0.05, 0) is 57.9 Å². The summed E-state index contributed by atoms with van der Waals surface area (Å²) in [5.74, 6) is -1.01. The van der Waals surface area contributed by atoms with Gasteiger partial charge in [0.05, 0.1) is 17.3 Å². The van der Waals surface area contributed by atoms with Gasteiger partial charge in [0.2, 0.25) is 0 Å². The van der Waals surface area contributed by atoms with E-state index in [0.29, 0.717) is 27.1 Å². The van der Waals surface area contributed by atoms with E-state index in [-0.39, 0.29) is 24.5 Å². The van der Waals surface area contributed by atoms with Crippen molar-refractivity contribution in [1.82, 2.24) is 10.2 Å². The molecule has 9 heteroatoms. The summed E-state index contributed by atoms with van der Waals surface area (Å²) in [4.78, 5) is 38.1. The summed E-state index contributed by atoms with van der Waals surface area (Å²) in [7, 11) is 0. The zero-order valence-electron chi connectivity index (χ0n) is 16.5. The number of rotatable bonds is 6. The average Bonchev–Trinajstić information content (AvgIpc) is 3.28. The van der Waals surface area contributed by atoms with Crippen LogP contribution in [0.4, 0.5) is 9.18 Å². The third kappa shape index (κ3) is 4.62. The second-order valence-corrected chi connectivity index (χ2v) is 7.71. The number of hydrogen-bond donors (Lipinski definition) is 1. The number of halogens is 2. The zero-order valence-corrected chi connectivity index (χ0v) is 18.1. The lowest BCUT2D eigenvalue weighted by atomic mass is 10.1. The molecule has 0 bridgehead atoms. The van der Waals surface area contributed by atoms with Gasteiger partial charge >= 0.3 is 6.03 Å². The lowest BCUT2D eigenvalue weighted by molar-refractivity contribution is -0.130. The average molecular weight is 499 g/mol. The molecule has 1 aliphatic heterocycles. The molecule has 162 valence electrons. The van der Waals surface area contributed by atoms with E-state index in [0.717, 1.165) is 4.90 Å². The Morgan fingerprint density at radius 2 is 1.91 bits per heavy atom. The van der Waals surface area contributed by atoms with Crippen molar-refractivity contribution in [2.75, 3.05) is 0 Å². The number of amides is 4. The molecule has 32 heavy (non-hydrogen) atoms. The number of imide groups is 2. The van der Waals surface area contributed by atoms with Crippen molar-refractivity contribution in [2.24, 2.45) is 0 Å². The number of nitrogens with zero attached hydrogens (tertiary/aromatic N) is 1. The van der Waals surface area contributed by atoms with Gasteiger partial charge in [-0.2, -0.15) is 0 Å². The minimum absolute atomic E-state index is 0.0381. The van der Waals surface area contributed by atoms with E-state index in [1.54, 1.807) is 48.5 Å². The summed E-state index contributed by atoms with van der Waals surface area (Å²) in [5.41, 5.74) is 0.750. The first kappa shape index (κ1) is 21.5. The molecule has 2 heterocycles. The minimum Gasteiger partial charge on any atom is -0.488 e. The Kier molecular flexibility index (Phi) is 6.18. The van der Waals surface area contributed by atoms with E-state index >= 15 is 0 Å². The highest BCUT2D eigenvalue weighted by molar-refractivity contribution is 9.10. The first-order valence-electron chi connectivity index (χ1n) is 9.49. The fourth-order valence-corrected chi connectivity index (χ4v) is 3.57. The van der Waals surface area contributed by atoms with E-state index in [2.05, 4.69) is 21.2 Å². The first-order chi connectivity index (χ1) is 15.4. The van der Waals surface area contributed by atoms with Crippen LogP contribution in [0, 0.1) is 5.82 Å². The topological polar surface area (TPSA) is 88.9 Å². The number of nitrogens with one attached hydrogen (secondary N) is 1. The molecule has 0 aliphatic carbocycles. The summed E-state index contributed by atoms with van der Waals surface area (Å²) in [5, 5.41) is 2.16. The van der Waals surface area contributed by atoms with E-state index in [9.17, 15) is 18.8 Å². The van der Waals surface area contributed by atoms with Gasteiger partial charge in [0.1, 0.15) is 29.5 Å². The quantitative estimate of drug-likeness (QED) is 0.401. The summed E-state index contributed by atoms with van der Waals surface area (Å²) < 4.78 is 25.2. The maximum atomic E-state index is 13.8. The molecular formula is C23H16BrFN2O5. The van der Waals surface area contributed by atoms with Crippen molar-refractivity contribution in [3.63, 3.8) is 0 Å². The molecule has 2 aromatic carbocycles. The van der Waals surface area contributed by atoms with Crippen LogP contribution in [-0.2, 0) is 22.7 Å². The van der Waals surface area contributed by atoms with Gasteiger partial charge in [-0.25, -0.2) is 9.18 Å². The van der Waals surface area contributed by atoms with Crippen LogP contribution in [0.15, 0.2) is 75.3 Å². The normalized spacial score (nSPS) is 15.2. The maximum Gasteiger partial charge on any atom is 0.331 e. The lowest BCUT2D eigenvalue weighted by Crippen LogP contribution is -2.53.